The molecule has 1 aliphatic heterocycles. The molecule has 0 saturated carbocycles. The summed E-state index contributed by atoms with van der Waals surface area (Å²) in [5.74, 6) is 0.189. The number of carbonyl (C=O) groups excluding carboxylic acids is 1. The van der Waals surface area contributed by atoms with Crippen molar-refractivity contribution in [3.63, 3.8) is 0 Å². The van der Waals surface area contributed by atoms with Gasteiger partial charge in [-0.25, -0.2) is 0 Å². The van der Waals surface area contributed by atoms with Gasteiger partial charge in [0, 0.05) is 32.2 Å². The molecular weight excluding hydrogens is 354 g/mol. The van der Waals surface area contributed by atoms with Gasteiger partial charge in [0.05, 0.1) is 16.9 Å². The van der Waals surface area contributed by atoms with Gasteiger partial charge in [-0.2, -0.15) is 0 Å². The van der Waals surface area contributed by atoms with E-state index in [1.54, 1.807) is 0 Å². The van der Waals surface area contributed by atoms with E-state index in [-0.39, 0.29) is 16.5 Å². The molecule has 5 nitrogen and oxygen atoms in total. The van der Waals surface area contributed by atoms with Gasteiger partial charge in [-0.1, -0.05) is 32.9 Å². The summed E-state index contributed by atoms with van der Waals surface area (Å²) in [6, 6.07) is 5.97. The molecule has 2 rings (SSSR count). The van der Waals surface area contributed by atoms with Crippen molar-refractivity contribution in [3.8, 4) is 0 Å². The number of nitrogen functional groups attached to an aromatic ring is 1. The highest BCUT2D eigenvalue weighted by atomic mass is 28.4. The van der Waals surface area contributed by atoms with E-state index < -0.39 is 8.32 Å². The van der Waals surface area contributed by atoms with Crippen LogP contribution in [0.5, 0.6) is 0 Å². The average molecular weight is 392 g/mol. The largest absolute Gasteiger partial charge is 0.417 e. The molecule has 6 heteroatoms. The molecule has 1 atom stereocenters. The lowest BCUT2D eigenvalue weighted by Gasteiger charge is -2.36. The Morgan fingerprint density at radius 2 is 2.00 bits per heavy atom. The molecule has 1 saturated heterocycles. The van der Waals surface area contributed by atoms with Crippen molar-refractivity contribution in [2.24, 2.45) is 0 Å². The van der Waals surface area contributed by atoms with Gasteiger partial charge in [0.1, 0.15) is 0 Å². The third-order valence-corrected chi connectivity index (χ3v) is 11.0. The van der Waals surface area contributed by atoms with Crippen LogP contribution in [0.1, 0.15) is 52.5 Å². The summed E-state index contributed by atoms with van der Waals surface area (Å²) in [4.78, 5) is 13.9. The number of amides is 1. The molecule has 1 heterocycles. The van der Waals surface area contributed by atoms with Crippen LogP contribution in [0.4, 0.5) is 11.4 Å². The van der Waals surface area contributed by atoms with E-state index in [4.69, 9.17) is 10.2 Å². The lowest BCUT2D eigenvalue weighted by molar-refractivity contribution is -0.129. The van der Waals surface area contributed by atoms with E-state index in [1.807, 2.05) is 24.1 Å². The third-order valence-electron chi connectivity index (χ3n) is 6.51. The van der Waals surface area contributed by atoms with Gasteiger partial charge in [-0.3, -0.25) is 4.79 Å². The SMILES string of the molecule is CN1C(=O)CCC1(C)c1cccc(N)c1NCCCO[Si](C)(C)C(C)(C)C. The fourth-order valence-corrected chi connectivity index (χ4v) is 4.41. The molecule has 1 amide bonds. The van der Waals surface area contributed by atoms with Gasteiger partial charge in [0.2, 0.25) is 5.91 Å². The van der Waals surface area contributed by atoms with E-state index in [9.17, 15) is 4.79 Å². The van der Waals surface area contributed by atoms with Gasteiger partial charge >= 0.3 is 0 Å². The van der Waals surface area contributed by atoms with Crippen molar-refractivity contribution in [2.45, 2.75) is 70.6 Å². The predicted octanol–water partition coefficient (Wildman–Crippen LogP) is 4.56. The highest BCUT2D eigenvalue weighted by Gasteiger charge is 2.42. The number of nitrogens with one attached hydrogen (secondary N) is 1. The first kappa shape index (κ1) is 21.8. The van der Waals surface area contributed by atoms with Gasteiger partial charge in [-0.15, -0.1) is 0 Å². The van der Waals surface area contributed by atoms with Crippen LogP contribution < -0.4 is 11.1 Å². The van der Waals surface area contributed by atoms with E-state index >= 15 is 0 Å². The maximum atomic E-state index is 12.1. The van der Waals surface area contributed by atoms with Crippen LogP contribution in [0.15, 0.2) is 18.2 Å². The highest BCUT2D eigenvalue weighted by Crippen LogP contribution is 2.43. The molecule has 3 N–H and O–H groups in total. The Bertz CT molecular complexity index is 684. The second-order valence-corrected chi connectivity index (χ2v) is 14.2. The van der Waals surface area contributed by atoms with E-state index in [1.165, 1.54) is 0 Å². The van der Waals surface area contributed by atoms with Crippen LogP contribution in [0.3, 0.4) is 0 Å². The topological polar surface area (TPSA) is 67.6 Å². The molecule has 0 radical (unpaired) electrons. The Hall–Kier alpha value is -1.53. The lowest BCUT2D eigenvalue weighted by atomic mass is 9.87. The van der Waals surface area contributed by atoms with Crippen molar-refractivity contribution in [1.82, 2.24) is 4.90 Å². The monoisotopic (exact) mass is 391 g/mol. The smallest absolute Gasteiger partial charge is 0.223 e. The number of rotatable bonds is 7. The molecule has 0 aromatic heterocycles. The van der Waals surface area contributed by atoms with Crippen molar-refractivity contribution in [3.05, 3.63) is 23.8 Å². The summed E-state index contributed by atoms with van der Waals surface area (Å²) >= 11 is 0. The van der Waals surface area contributed by atoms with E-state index in [0.29, 0.717) is 6.42 Å². The van der Waals surface area contributed by atoms with Crippen molar-refractivity contribution in [2.75, 3.05) is 31.2 Å². The van der Waals surface area contributed by atoms with Crippen LogP contribution in [0.25, 0.3) is 0 Å². The first-order valence-corrected chi connectivity index (χ1v) is 12.8. The summed E-state index contributed by atoms with van der Waals surface area (Å²) < 4.78 is 6.26. The van der Waals surface area contributed by atoms with E-state index in [0.717, 1.165) is 42.9 Å². The highest BCUT2D eigenvalue weighted by molar-refractivity contribution is 6.74. The third kappa shape index (κ3) is 4.49. The second-order valence-electron chi connectivity index (χ2n) is 9.39. The van der Waals surface area contributed by atoms with E-state index in [2.05, 4.69) is 52.2 Å². The normalized spacial score (nSPS) is 21.0. The van der Waals surface area contributed by atoms with Gasteiger partial charge in [0.25, 0.3) is 0 Å². The Morgan fingerprint density at radius 1 is 1.33 bits per heavy atom. The molecule has 1 fully saturated rings. The first-order valence-electron chi connectivity index (χ1n) is 9.93. The number of carbonyl (C=O) groups is 1. The maximum Gasteiger partial charge on any atom is 0.223 e. The fourth-order valence-electron chi connectivity index (χ4n) is 3.32. The molecule has 1 aliphatic rings. The lowest BCUT2D eigenvalue weighted by Crippen LogP contribution is -2.41. The molecule has 1 aromatic carbocycles. The Morgan fingerprint density at radius 3 is 2.56 bits per heavy atom. The number of benzene rings is 1. The number of hydrogen-bond acceptors (Lipinski definition) is 4. The number of anilines is 2. The zero-order chi connectivity index (χ0) is 20.5. The average Bonchev–Trinajstić information content (AvgIpc) is 2.83. The summed E-state index contributed by atoms with van der Waals surface area (Å²) in [6.07, 6.45) is 2.32. The number of likely N-dealkylation sites (tertiary alicyclic amines) is 1. The van der Waals surface area contributed by atoms with Crippen molar-refractivity contribution < 1.29 is 9.22 Å². The first-order chi connectivity index (χ1) is 12.4. The second kappa shape index (κ2) is 7.84. The van der Waals surface area contributed by atoms with Gasteiger partial charge in [0.15, 0.2) is 8.32 Å². The number of nitrogens with two attached hydrogens (primary N) is 1. The summed E-state index contributed by atoms with van der Waals surface area (Å²) in [6.45, 7) is 15.0. The molecule has 0 spiro atoms. The molecule has 0 bridgehead atoms. The van der Waals surface area contributed by atoms with Crippen LogP contribution in [0.2, 0.25) is 18.1 Å². The minimum absolute atomic E-state index is 0.189. The number of nitrogens with zero attached hydrogens (tertiary/aromatic N) is 1. The molecule has 152 valence electrons. The van der Waals surface area contributed by atoms with Crippen LogP contribution in [0, 0.1) is 0 Å². The Labute approximate surface area is 165 Å². The van der Waals surface area contributed by atoms with Crippen LogP contribution >= 0.6 is 0 Å². The van der Waals surface area contributed by atoms with Gasteiger partial charge < -0.3 is 20.4 Å². The quantitative estimate of drug-likeness (QED) is 0.406. The van der Waals surface area contributed by atoms with Crippen molar-refractivity contribution >= 4 is 25.6 Å². The standard InChI is InChI=1S/C21H37N3O2Si/c1-20(2,3)27(6,7)26-15-9-14-23-19-16(10-8-11-17(19)22)21(4)13-12-18(25)24(21)5/h8,10-11,23H,9,12-15,22H2,1-7H3. The number of para-hydroxylation sites is 1. The minimum Gasteiger partial charge on any atom is -0.417 e. The maximum absolute atomic E-state index is 12.1. The van der Waals surface area contributed by atoms with Crippen molar-refractivity contribution in [1.29, 1.82) is 0 Å². The molecule has 1 aromatic rings. The van der Waals surface area contributed by atoms with Crippen LogP contribution in [-0.2, 0) is 14.8 Å². The molecule has 27 heavy (non-hydrogen) atoms. The van der Waals surface area contributed by atoms with Crippen LogP contribution in [-0.4, -0.2) is 39.3 Å². The molecular formula is C21H37N3O2Si. The summed E-state index contributed by atoms with van der Waals surface area (Å²) in [5, 5.41) is 3.74. The zero-order valence-corrected chi connectivity index (χ0v) is 19.1. The Balaban J connectivity index is 2.03. The predicted molar refractivity (Wildman–Crippen MR) is 116 cm³/mol. The molecule has 0 aliphatic carbocycles. The summed E-state index contributed by atoms with van der Waals surface area (Å²) in [7, 11) is 0.182. The van der Waals surface area contributed by atoms with Gasteiger partial charge in [-0.05, 0) is 44.0 Å². The zero-order valence-electron chi connectivity index (χ0n) is 18.1. The summed E-state index contributed by atoms with van der Waals surface area (Å²) in [5.41, 5.74) is 8.75. The minimum atomic E-state index is -1.70. The number of hydrogen-bond donors (Lipinski definition) is 2. The molecule has 1 unspecified atom stereocenters. The Kier molecular flexibility index (Phi) is 6.32. The fraction of sp³-hybridized carbons (Fsp3) is 0.667.